The molecule has 1 unspecified atom stereocenters. The van der Waals surface area contributed by atoms with Crippen LogP contribution in [0.15, 0.2) is 13.5 Å². The standard InChI is InChI=1S/C19H30Br2N2O2SSi/c1-18(2,3)26(24)22-11-15-16(20)13-9-12(10-14(13)17(21)23-15)25-27(7,8)19(4,5)6/h11-12H,9-10H2,1-8H3/b22-11-/t12?,26-/m0/s1. The van der Waals surface area contributed by atoms with E-state index in [1.807, 2.05) is 20.8 Å². The highest BCUT2D eigenvalue weighted by Crippen LogP contribution is 2.41. The molecule has 0 fully saturated rings. The molecule has 0 spiro atoms. The molecule has 1 aromatic rings. The van der Waals surface area contributed by atoms with Crippen LogP contribution in [0.25, 0.3) is 0 Å². The SMILES string of the molecule is CC(C)(C)[S@](=O)/N=C\c1nc(Br)c2c(c1Br)CC(O[Si](C)(C)C(C)(C)C)C2. The van der Waals surface area contributed by atoms with Crippen molar-refractivity contribution < 1.29 is 8.63 Å². The maximum atomic E-state index is 12.2. The Bertz CT molecular complexity index is 783. The van der Waals surface area contributed by atoms with E-state index in [0.29, 0.717) is 5.69 Å². The van der Waals surface area contributed by atoms with Gasteiger partial charge in [-0.15, -0.1) is 0 Å². The second kappa shape index (κ2) is 8.09. The Kier molecular flexibility index (Phi) is 7.01. The molecule has 0 aliphatic heterocycles. The Morgan fingerprint density at radius 2 is 1.70 bits per heavy atom. The molecule has 1 aromatic heterocycles. The predicted molar refractivity (Wildman–Crippen MR) is 125 cm³/mol. The van der Waals surface area contributed by atoms with E-state index in [2.05, 4.69) is 75.1 Å². The summed E-state index contributed by atoms with van der Waals surface area (Å²) in [4.78, 5) is 4.62. The maximum Gasteiger partial charge on any atom is 0.192 e. The quantitative estimate of drug-likeness (QED) is 0.270. The van der Waals surface area contributed by atoms with Crippen LogP contribution in [0, 0.1) is 0 Å². The van der Waals surface area contributed by atoms with E-state index in [0.717, 1.165) is 21.9 Å². The lowest BCUT2D eigenvalue weighted by molar-refractivity contribution is 0.191. The van der Waals surface area contributed by atoms with Gasteiger partial charge in [0.2, 0.25) is 0 Å². The molecule has 4 nitrogen and oxygen atoms in total. The van der Waals surface area contributed by atoms with Gasteiger partial charge < -0.3 is 4.43 Å². The highest BCUT2D eigenvalue weighted by atomic mass is 79.9. The van der Waals surface area contributed by atoms with Crippen LogP contribution in [0.5, 0.6) is 0 Å². The average Bonchev–Trinajstić information content (AvgIpc) is 2.90. The van der Waals surface area contributed by atoms with E-state index in [4.69, 9.17) is 4.43 Å². The van der Waals surface area contributed by atoms with Gasteiger partial charge in [0.15, 0.2) is 8.32 Å². The third-order valence-corrected chi connectivity index (χ3v) is 12.7. The minimum absolute atomic E-state index is 0.172. The summed E-state index contributed by atoms with van der Waals surface area (Å²) in [6.07, 6.45) is 3.50. The van der Waals surface area contributed by atoms with Crippen molar-refractivity contribution >= 4 is 57.4 Å². The van der Waals surface area contributed by atoms with Gasteiger partial charge in [-0.25, -0.2) is 9.19 Å². The monoisotopic (exact) mass is 536 g/mol. The molecule has 8 heteroatoms. The summed E-state index contributed by atoms with van der Waals surface area (Å²) >= 11 is 7.31. The molecule has 1 heterocycles. The van der Waals surface area contributed by atoms with Crippen molar-refractivity contribution in [2.24, 2.45) is 4.40 Å². The maximum absolute atomic E-state index is 12.2. The van der Waals surface area contributed by atoms with Crippen molar-refractivity contribution in [1.82, 2.24) is 4.98 Å². The number of hydrogen-bond acceptors (Lipinski definition) is 3. The van der Waals surface area contributed by atoms with E-state index in [9.17, 15) is 4.21 Å². The Hall–Kier alpha value is 0.107. The lowest BCUT2D eigenvalue weighted by Crippen LogP contribution is -2.44. The Balaban J connectivity index is 2.27. The first kappa shape index (κ1) is 23.4. The van der Waals surface area contributed by atoms with E-state index < -0.39 is 19.3 Å². The molecule has 2 atom stereocenters. The zero-order valence-corrected chi connectivity index (χ0v) is 22.4. The fraction of sp³-hybridized carbons (Fsp3) is 0.684. The minimum atomic E-state index is -1.83. The molecule has 0 saturated carbocycles. The first-order valence-electron chi connectivity index (χ1n) is 9.14. The molecule has 0 saturated heterocycles. The summed E-state index contributed by atoms with van der Waals surface area (Å²) in [6, 6.07) is 0. The van der Waals surface area contributed by atoms with Crippen LogP contribution in [-0.4, -0.2) is 34.6 Å². The smallest absolute Gasteiger partial charge is 0.192 e. The first-order chi connectivity index (χ1) is 12.1. The molecular weight excluding hydrogens is 508 g/mol. The normalized spacial score (nSPS) is 19.6. The summed E-state index contributed by atoms with van der Waals surface area (Å²) in [5.74, 6) is 0. The topological polar surface area (TPSA) is 51.5 Å². The van der Waals surface area contributed by atoms with Crippen LogP contribution in [0.3, 0.4) is 0 Å². The van der Waals surface area contributed by atoms with Crippen LogP contribution in [0.4, 0.5) is 0 Å². The molecule has 27 heavy (non-hydrogen) atoms. The van der Waals surface area contributed by atoms with E-state index in [1.165, 1.54) is 11.1 Å². The van der Waals surface area contributed by atoms with Gasteiger partial charge >= 0.3 is 0 Å². The number of nitrogens with zero attached hydrogens (tertiary/aromatic N) is 2. The van der Waals surface area contributed by atoms with Crippen molar-refractivity contribution in [1.29, 1.82) is 0 Å². The van der Waals surface area contributed by atoms with Crippen LogP contribution in [-0.2, 0) is 28.3 Å². The van der Waals surface area contributed by atoms with Gasteiger partial charge in [-0.05, 0) is 88.3 Å². The molecule has 0 aromatic carbocycles. The molecule has 1 aliphatic rings. The van der Waals surface area contributed by atoms with Gasteiger partial charge in [-0.1, -0.05) is 20.8 Å². The van der Waals surface area contributed by atoms with E-state index in [1.54, 1.807) is 6.21 Å². The minimum Gasteiger partial charge on any atom is -0.413 e. The number of fused-ring (bicyclic) bond motifs is 1. The number of hydrogen-bond donors (Lipinski definition) is 0. The molecule has 0 bridgehead atoms. The van der Waals surface area contributed by atoms with Crippen molar-refractivity contribution in [3.8, 4) is 0 Å². The number of pyridine rings is 1. The fourth-order valence-corrected chi connectivity index (χ4v) is 5.65. The first-order valence-corrected chi connectivity index (χ1v) is 14.7. The van der Waals surface area contributed by atoms with Gasteiger partial charge in [-0.3, -0.25) is 0 Å². The lowest BCUT2D eigenvalue weighted by atomic mass is 10.1. The van der Waals surface area contributed by atoms with Crippen molar-refractivity contribution in [3.63, 3.8) is 0 Å². The van der Waals surface area contributed by atoms with Gasteiger partial charge in [0.1, 0.15) is 15.6 Å². The van der Waals surface area contributed by atoms with E-state index in [-0.39, 0.29) is 15.9 Å². The molecular formula is C19H30Br2N2O2SSi. The molecule has 1 aliphatic carbocycles. The van der Waals surface area contributed by atoms with Crippen LogP contribution in [0.1, 0.15) is 58.4 Å². The number of rotatable bonds is 4. The fourth-order valence-electron chi connectivity index (χ4n) is 2.60. The average molecular weight is 538 g/mol. The third-order valence-electron chi connectivity index (χ3n) is 5.25. The summed E-state index contributed by atoms with van der Waals surface area (Å²) < 4.78 is 24.4. The van der Waals surface area contributed by atoms with Gasteiger partial charge in [0, 0.05) is 10.9 Å². The van der Waals surface area contributed by atoms with Gasteiger partial charge in [-0.2, -0.15) is 4.40 Å². The van der Waals surface area contributed by atoms with Gasteiger partial charge in [0.05, 0.1) is 22.8 Å². The van der Waals surface area contributed by atoms with Crippen LogP contribution in [0.2, 0.25) is 18.1 Å². The predicted octanol–water partition coefficient (Wildman–Crippen LogP) is 5.98. The number of halogens is 2. The second-order valence-electron chi connectivity index (χ2n) is 9.56. The molecule has 0 amide bonds. The Morgan fingerprint density at radius 1 is 1.15 bits per heavy atom. The van der Waals surface area contributed by atoms with Crippen molar-refractivity contribution in [2.45, 2.75) is 83.4 Å². The lowest BCUT2D eigenvalue weighted by Gasteiger charge is -2.38. The zero-order valence-electron chi connectivity index (χ0n) is 17.4. The second-order valence-corrected chi connectivity index (χ2v) is 17.8. The molecule has 0 radical (unpaired) electrons. The Morgan fingerprint density at radius 3 is 2.22 bits per heavy atom. The van der Waals surface area contributed by atoms with Crippen molar-refractivity contribution in [2.75, 3.05) is 0 Å². The third kappa shape index (κ3) is 5.38. The molecule has 2 rings (SSSR count). The van der Waals surface area contributed by atoms with Crippen molar-refractivity contribution in [3.05, 3.63) is 25.9 Å². The summed E-state index contributed by atoms with van der Waals surface area (Å²) in [6.45, 7) is 17.1. The van der Waals surface area contributed by atoms with Gasteiger partial charge in [0.25, 0.3) is 0 Å². The largest absolute Gasteiger partial charge is 0.413 e. The highest BCUT2D eigenvalue weighted by Gasteiger charge is 2.41. The Labute approximate surface area is 184 Å². The van der Waals surface area contributed by atoms with E-state index >= 15 is 0 Å². The number of aromatic nitrogens is 1. The molecule has 0 N–H and O–H groups in total. The summed E-state index contributed by atoms with van der Waals surface area (Å²) in [7, 11) is -3.13. The molecule has 152 valence electrons. The zero-order chi connectivity index (χ0) is 20.8. The van der Waals surface area contributed by atoms with Crippen LogP contribution >= 0.6 is 31.9 Å². The van der Waals surface area contributed by atoms with Crippen LogP contribution < -0.4 is 0 Å². The summed E-state index contributed by atoms with van der Waals surface area (Å²) in [5, 5.41) is 0.184. The summed E-state index contributed by atoms with van der Waals surface area (Å²) in [5.41, 5.74) is 3.11. The highest BCUT2D eigenvalue weighted by molar-refractivity contribution is 9.11.